The van der Waals surface area contributed by atoms with Crippen LogP contribution in [0.25, 0.3) is 0 Å². The summed E-state index contributed by atoms with van der Waals surface area (Å²) in [5.74, 6) is 0. The summed E-state index contributed by atoms with van der Waals surface area (Å²) < 4.78 is 53.7. The maximum atomic E-state index is 14.4. The monoisotopic (exact) mass is 734 g/mol. The summed E-state index contributed by atoms with van der Waals surface area (Å²) in [5.41, 5.74) is -1.00. The number of carbonyl (C=O) groups is 4. The van der Waals surface area contributed by atoms with Gasteiger partial charge in [-0.15, -0.1) is 0 Å². The van der Waals surface area contributed by atoms with Crippen LogP contribution in [0.4, 0.5) is 28.0 Å². The second kappa shape index (κ2) is 19.7. The lowest BCUT2D eigenvalue weighted by Crippen LogP contribution is -2.50. The molecule has 2 aliphatic carbocycles. The molecule has 2 saturated carbocycles. The number of rotatable bonds is 18. The molecule has 0 radical (unpaired) electrons. The van der Waals surface area contributed by atoms with Crippen molar-refractivity contribution in [3.8, 4) is 0 Å². The molecule has 4 unspecified atom stereocenters. The summed E-state index contributed by atoms with van der Waals surface area (Å²) in [4.78, 5) is 49.2. The average Bonchev–Trinajstić information content (AvgIpc) is 2.99. The van der Waals surface area contributed by atoms with Crippen LogP contribution >= 0.6 is 0 Å². The summed E-state index contributed by atoms with van der Waals surface area (Å²) in [6, 6.07) is -0.615. The molecular formula is C36H64F2N4O9. The Morgan fingerprint density at radius 1 is 0.608 bits per heavy atom. The zero-order valence-corrected chi connectivity index (χ0v) is 32.1. The smallest absolute Gasteiger partial charge is 0.407 e. The van der Waals surface area contributed by atoms with Gasteiger partial charge in [0.2, 0.25) is 0 Å². The molecule has 15 heteroatoms. The van der Waals surface area contributed by atoms with E-state index in [1.807, 2.05) is 27.7 Å². The third kappa shape index (κ3) is 17.8. The van der Waals surface area contributed by atoms with Gasteiger partial charge in [0.05, 0.1) is 19.8 Å². The fraction of sp³-hybridized carbons (Fsp3) is 0.889. The highest BCUT2D eigenvalue weighted by atomic mass is 19.3. The van der Waals surface area contributed by atoms with E-state index >= 15 is 0 Å². The molecule has 4 atom stereocenters. The van der Waals surface area contributed by atoms with Crippen molar-refractivity contribution in [3.05, 3.63) is 0 Å². The van der Waals surface area contributed by atoms with E-state index in [-0.39, 0.29) is 33.7 Å². The van der Waals surface area contributed by atoms with Gasteiger partial charge >= 0.3 is 30.5 Å². The molecule has 4 amide bonds. The van der Waals surface area contributed by atoms with E-state index in [1.165, 1.54) is 0 Å². The quantitative estimate of drug-likeness (QED) is 0.0838. The van der Waals surface area contributed by atoms with Crippen molar-refractivity contribution >= 4 is 24.4 Å². The highest BCUT2D eigenvalue weighted by molar-refractivity contribution is 5.68. The van der Waals surface area contributed by atoms with Crippen LogP contribution in [-0.2, 0) is 23.7 Å². The lowest BCUT2D eigenvalue weighted by molar-refractivity contribution is -0.259. The fourth-order valence-electron chi connectivity index (χ4n) is 7.97. The van der Waals surface area contributed by atoms with Gasteiger partial charge in [-0.1, -0.05) is 68.2 Å². The summed E-state index contributed by atoms with van der Waals surface area (Å²) in [7, 11) is 0. The predicted molar refractivity (Wildman–Crippen MR) is 187 cm³/mol. The molecule has 0 aromatic carbocycles. The fourth-order valence-corrected chi connectivity index (χ4v) is 7.97. The first-order valence-electron chi connectivity index (χ1n) is 18.4. The molecule has 4 N–H and O–H groups in total. The van der Waals surface area contributed by atoms with Crippen molar-refractivity contribution in [3.63, 3.8) is 0 Å². The Morgan fingerprint density at radius 2 is 1.02 bits per heavy atom. The van der Waals surface area contributed by atoms with Crippen molar-refractivity contribution in [1.29, 1.82) is 0 Å². The lowest BCUT2D eigenvalue weighted by atomic mass is 9.62. The van der Waals surface area contributed by atoms with Gasteiger partial charge in [0.15, 0.2) is 6.61 Å². The van der Waals surface area contributed by atoms with E-state index in [0.29, 0.717) is 52.0 Å². The van der Waals surface area contributed by atoms with Crippen LogP contribution in [0.1, 0.15) is 120 Å². The van der Waals surface area contributed by atoms with E-state index in [9.17, 15) is 28.0 Å². The molecule has 2 rings (SSSR count). The summed E-state index contributed by atoms with van der Waals surface area (Å²) in [5, 5.41) is 11.1. The number of hydrogen-bond acceptors (Lipinski definition) is 9. The number of unbranched alkanes of at least 4 members (excludes halogenated alkanes) is 2. The zero-order valence-electron chi connectivity index (χ0n) is 32.1. The van der Waals surface area contributed by atoms with Gasteiger partial charge in [-0.3, -0.25) is 0 Å². The first-order chi connectivity index (χ1) is 23.7. The molecule has 0 bridgehead atoms. The Hall–Kier alpha value is -3.10. The molecule has 0 spiro atoms. The summed E-state index contributed by atoms with van der Waals surface area (Å²) in [6.45, 7) is 15.4. The van der Waals surface area contributed by atoms with E-state index in [1.54, 1.807) is 0 Å². The average molecular weight is 735 g/mol. The third-order valence-corrected chi connectivity index (χ3v) is 9.31. The largest absolute Gasteiger partial charge is 0.450 e. The lowest BCUT2D eigenvalue weighted by Gasteiger charge is -2.46. The molecule has 13 nitrogen and oxygen atoms in total. The van der Waals surface area contributed by atoms with Crippen LogP contribution in [0.15, 0.2) is 0 Å². The van der Waals surface area contributed by atoms with E-state index in [4.69, 9.17) is 18.9 Å². The van der Waals surface area contributed by atoms with Crippen molar-refractivity contribution < 1.29 is 51.6 Å². The number of carbonyl (C=O) groups excluding carboxylic acids is 4. The molecule has 51 heavy (non-hydrogen) atoms. The summed E-state index contributed by atoms with van der Waals surface area (Å²) >= 11 is 0. The topological polar surface area (TPSA) is 163 Å². The Labute approximate surface area is 302 Å². The van der Waals surface area contributed by atoms with Gasteiger partial charge in [-0.2, -0.15) is 8.78 Å². The van der Waals surface area contributed by atoms with Gasteiger partial charge in [0, 0.05) is 25.2 Å². The van der Waals surface area contributed by atoms with Gasteiger partial charge in [-0.25, -0.2) is 19.2 Å². The third-order valence-electron chi connectivity index (χ3n) is 9.31. The highest BCUT2D eigenvalue weighted by Gasteiger charge is 2.44. The number of hydrogen-bond donors (Lipinski definition) is 4. The molecule has 296 valence electrons. The van der Waals surface area contributed by atoms with E-state index in [2.05, 4.69) is 53.7 Å². The second-order valence-corrected chi connectivity index (χ2v) is 16.7. The van der Waals surface area contributed by atoms with Crippen LogP contribution in [0.5, 0.6) is 0 Å². The first-order valence-corrected chi connectivity index (χ1v) is 18.4. The van der Waals surface area contributed by atoms with Gasteiger partial charge in [0.25, 0.3) is 0 Å². The van der Waals surface area contributed by atoms with Crippen LogP contribution in [-0.4, -0.2) is 88.7 Å². The summed E-state index contributed by atoms with van der Waals surface area (Å²) in [6.07, 6.45) is 0.836. The van der Waals surface area contributed by atoms with Crippen molar-refractivity contribution in [2.45, 2.75) is 138 Å². The van der Waals surface area contributed by atoms with Crippen LogP contribution in [0, 0.1) is 21.7 Å². The molecule has 0 aliphatic heterocycles. The molecule has 2 fully saturated rings. The highest BCUT2D eigenvalue weighted by Crippen LogP contribution is 2.47. The Morgan fingerprint density at radius 3 is 1.45 bits per heavy atom. The number of alkyl carbamates (subject to hydrolysis) is 4. The number of nitrogens with one attached hydrogen (secondary N) is 4. The number of alkyl halides is 2. The molecule has 0 heterocycles. The minimum Gasteiger partial charge on any atom is -0.450 e. The number of halogens is 2. The minimum atomic E-state index is -3.81. The van der Waals surface area contributed by atoms with Gasteiger partial charge in [-0.05, 0) is 73.0 Å². The maximum Gasteiger partial charge on any atom is 0.407 e. The van der Waals surface area contributed by atoms with Gasteiger partial charge < -0.3 is 45.0 Å². The first kappa shape index (κ1) is 44.1. The van der Waals surface area contributed by atoms with Crippen molar-refractivity contribution in [1.82, 2.24) is 21.3 Å². The van der Waals surface area contributed by atoms with Crippen LogP contribution in [0.2, 0.25) is 0 Å². The van der Waals surface area contributed by atoms with Crippen molar-refractivity contribution in [2.75, 3.05) is 46.1 Å². The minimum absolute atomic E-state index is 0.135. The second-order valence-electron chi connectivity index (χ2n) is 16.7. The van der Waals surface area contributed by atoms with E-state index in [0.717, 1.165) is 38.5 Å². The van der Waals surface area contributed by atoms with E-state index < -0.39 is 50.3 Å². The van der Waals surface area contributed by atoms with Crippen LogP contribution in [0.3, 0.4) is 0 Å². The predicted octanol–water partition coefficient (Wildman–Crippen LogP) is 7.27. The molecule has 0 aromatic heterocycles. The standard InChI is InChI=1S/C36H64F2N4O9/c1-9-11-13-47-28(43)39-23-34(7)19-26(17-32(3,4)21-34)41-30(45)49-15-16-51-36(37,38)25-50-31(46)42-27-18-33(5,6)22-35(8,20-27)24-40-29(44)48-14-12-10-2/h26-27H,9-25H2,1-8H3,(H,39,43)(H,40,44)(H,41,45)(H,42,46). The SMILES string of the molecule is CCCCOC(=O)NCC1(C)CC(NC(=O)OCCOC(F)(F)COC(=O)NC2CC(C)(C)CC(C)(CNC(=O)OCCCC)C2)CC(C)(C)C1. The Bertz CT molecular complexity index is 1140. The molecule has 0 saturated heterocycles. The molecule has 0 aromatic rings. The number of amides is 4. The van der Waals surface area contributed by atoms with Crippen LogP contribution < -0.4 is 21.3 Å². The van der Waals surface area contributed by atoms with Crippen molar-refractivity contribution in [2.24, 2.45) is 21.7 Å². The van der Waals surface area contributed by atoms with Gasteiger partial charge in [0.1, 0.15) is 6.61 Å². The zero-order chi connectivity index (χ0) is 38.3. The Kier molecular flexibility index (Phi) is 17.0. The molecular weight excluding hydrogens is 670 g/mol. The maximum absolute atomic E-state index is 14.4. The Balaban J connectivity index is 1.74. The normalized spacial score (nSPS) is 25.5. The molecule has 2 aliphatic rings. The number of ether oxygens (including phenoxy) is 5.